The van der Waals surface area contributed by atoms with Gasteiger partial charge in [-0.3, -0.25) is 0 Å². The quantitative estimate of drug-likeness (QED) is 0.0676. The molecule has 0 fully saturated rings. The summed E-state index contributed by atoms with van der Waals surface area (Å²) in [5, 5.41) is 24.7. The maximum Gasteiger partial charge on any atom is 0.0786 e. The third-order valence-corrected chi connectivity index (χ3v) is 7.79. The zero-order valence-electron chi connectivity index (χ0n) is 25.3. The Morgan fingerprint density at radius 3 is 1.06 bits per heavy atom. The van der Waals surface area contributed by atoms with Gasteiger partial charge in [-0.05, 0) is 107 Å². The lowest BCUT2D eigenvalue weighted by molar-refractivity contribution is -0.877. The van der Waals surface area contributed by atoms with Crippen LogP contribution in [-0.2, 0) is 0 Å². The smallest absolute Gasteiger partial charge is 0.0786 e. The van der Waals surface area contributed by atoms with E-state index >= 15 is 0 Å². The van der Waals surface area contributed by atoms with E-state index in [-0.39, 0.29) is 9.29 Å². The van der Waals surface area contributed by atoms with E-state index in [1.54, 1.807) is 0 Å². The first-order valence-corrected chi connectivity index (χ1v) is 14.8. The average molecular weight is 505 g/mol. The number of unbranched alkanes of at least 4 members (excludes halogenated alkanes) is 1. The molecule has 0 aromatic heterocycles. The summed E-state index contributed by atoms with van der Waals surface area (Å²) >= 11 is 0. The van der Waals surface area contributed by atoms with E-state index in [2.05, 4.69) is 52.0 Å². The fraction of sp³-hybridized carbons (Fsp3) is 0.750. The van der Waals surface area contributed by atoms with Crippen molar-refractivity contribution in [2.75, 3.05) is 39.3 Å². The van der Waals surface area contributed by atoms with Crippen molar-refractivity contribution in [2.24, 2.45) is 0 Å². The van der Waals surface area contributed by atoms with Gasteiger partial charge in [-0.25, -0.2) is 0 Å². The lowest BCUT2D eigenvalue weighted by atomic mass is 10.0. The molecule has 0 aliphatic carbocycles. The average Bonchev–Trinajstić information content (AvgIpc) is 2.86. The Morgan fingerprint density at radius 1 is 0.472 bits per heavy atom. The van der Waals surface area contributed by atoms with Gasteiger partial charge in [0.05, 0.1) is 39.3 Å². The maximum atomic E-state index is 12.3. The normalized spacial score (nSPS) is 14.6. The van der Waals surface area contributed by atoms with E-state index in [1.807, 2.05) is 27.7 Å². The molecule has 4 heteroatoms. The maximum absolute atomic E-state index is 12.3. The fourth-order valence-electron chi connectivity index (χ4n) is 4.53. The van der Waals surface area contributed by atoms with E-state index < -0.39 is 0 Å². The molecule has 0 aliphatic heterocycles. The van der Waals surface area contributed by atoms with Crippen LogP contribution in [0.4, 0.5) is 0 Å². The molecule has 36 heavy (non-hydrogen) atoms. The van der Waals surface area contributed by atoms with Crippen molar-refractivity contribution in [1.82, 2.24) is 0 Å². The molecular weight excluding hydrogens is 444 g/mol. The molecule has 0 saturated heterocycles. The van der Waals surface area contributed by atoms with Crippen LogP contribution in [0.3, 0.4) is 0 Å². The van der Waals surface area contributed by atoms with E-state index in [0.29, 0.717) is 26.2 Å². The summed E-state index contributed by atoms with van der Waals surface area (Å²) in [5.41, 5.74) is 5.79. The van der Waals surface area contributed by atoms with E-state index in [1.165, 1.54) is 22.3 Å². The molecule has 0 spiro atoms. The zero-order chi connectivity index (χ0) is 27.5. The molecule has 0 aliphatic rings. The van der Waals surface area contributed by atoms with Crippen LogP contribution < -0.4 is 0 Å². The first-order valence-electron chi connectivity index (χ1n) is 14.8. The Morgan fingerprint density at radius 2 is 0.750 bits per heavy atom. The highest BCUT2D eigenvalue weighted by Crippen LogP contribution is 2.16. The molecule has 0 aromatic carbocycles. The van der Waals surface area contributed by atoms with Gasteiger partial charge >= 0.3 is 0 Å². The van der Waals surface area contributed by atoms with Gasteiger partial charge in [0.25, 0.3) is 0 Å². The third kappa shape index (κ3) is 17.3. The van der Waals surface area contributed by atoms with Crippen LogP contribution in [0.25, 0.3) is 0 Å². The van der Waals surface area contributed by atoms with Gasteiger partial charge in [0.2, 0.25) is 0 Å². The van der Waals surface area contributed by atoms with Gasteiger partial charge in [-0.15, -0.1) is 0 Å². The van der Waals surface area contributed by atoms with Crippen molar-refractivity contribution >= 4 is 0 Å². The monoisotopic (exact) mass is 504 g/mol. The lowest BCUT2D eigenvalue weighted by Gasteiger charge is -2.41. The number of hydrogen-bond donors (Lipinski definition) is 0. The molecule has 4 nitrogen and oxygen atoms in total. The SMILES string of the molecule is CC[N+]([O-])(CC)CCCC(C)=CCC/C(C)=C/CCC=C(C)CC/C=C(\C)CCC[N+]([O-])(CC)CC. The van der Waals surface area contributed by atoms with Crippen LogP contribution in [0.2, 0.25) is 0 Å². The molecule has 0 heterocycles. The Balaban J connectivity index is 4.14. The standard InChI is InChI=1S/C32H60N2O2/c1-9-33(35,10-2)27-17-25-31(7)23-15-21-29(5)19-13-14-20-30(6)22-16-24-32(8)26-18-28-34(36,11-3)12-4/h19-20,23-24H,9-18,21-22,25-28H2,1-8H3/b29-19+,30-20?,31-23?,32-24+. The Bertz CT molecular complexity index is 635. The molecule has 210 valence electrons. The van der Waals surface area contributed by atoms with Gasteiger partial charge in [0.1, 0.15) is 0 Å². The van der Waals surface area contributed by atoms with Crippen LogP contribution in [0, 0.1) is 10.4 Å². The summed E-state index contributed by atoms with van der Waals surface area (Å²) in [6.45, 7) is 21.1. The minimum absolute atomic E-state index is 0.0544. The van der Waals surface area contributed by atoms with Crippen molar-refractivity contribution < 1.29 is 9.29 Å². The predicted molar refractivity (Wildman–Crippen MR) is 160 cm³/mol. The molecule has 0 atom stereocenters. The third-order valence-electron chi connectivity index (χ3n) is 7.79. The summed E-state index contributed by atoms with van der Waals surface area (Å²) < 4.78 is -0.109. The van der Waals surface area contributed by atoms with Gasteiger partial charge in [0.15, 0.2) is 0 Å². The number of hydroxylamine groups is 6. The van der Waals surface area contributed by atoms with Crippen LogP contribution in [0.15, 0.2) is 46.6 Å². The summed E-state index contributed by atoms with van der Waals surface area (Å²) in [4.78, 5) is 0. The highest BCUT2D eigenvalue weighted by atomic mass is 16.5. The van der Waals surface area contributed by atoms with Crippen molar-refractivity contribution in [3.05, 3.63) is 57.0 Å². The van der Waals surface area contributed by atoms with E-state index in [9.17, 15) is 10.4 Å². The molecule has 0 bridgehead atoms. The van der Waals surface area contributed by atoms with Crippen molar-refractivity contribution in [1.29, 1.82) is 0 Å². The molecular formula is C32H60N2O2. The largest absolute Gasteiger partial charge is 0.633 e. The second kappa shape index (κ2) is 19.9. The highest BCUT2D eigenvalue weighted by molar-refractivity contribution is 5.06. The van der Waals surface area contributed by atoms with Crippen molar-refractivity contribution in [2.45, 2.75) is 120 Å². The van der Waals surface area contributed by atoms with E-state index in [4.69, 9.17) is 0 Å². The zero-order valence-corrected chi connectivity index (χ0v) is 25.3. The summed E-state index contributed by atoms with van der Waals surface area (Å²) in [6.07, 6.45) is 20.2. The van der Waals surface area contributed by atoms with Crippen LogP contribution >= 0.6 is 0 Å². The predicted octanol–water partition coefficient (Wildman–Crippen LogP) is 9.38. The summed E-state index contributed by atoms with van der Waals surface area (Å²) in [5.74, 6) is 0. The number of nitrogens with zero attached hydrogens (tertiary/aromatic N) is 2. The van der Waals surface area contributed by atoms with Gasteiger partial charge in [-0.1, -0.05) is 46.6 Å². The minimum atomic E-state index is -0.0544. The number of quaternary nitrogens is 2. The van der Waals surface area contributed by atoms with Crippen molar-refractivity contribution in [3.8, 4) is 0 Å². The first kappa shape index (κ1) is 34.8. The first-order chi connectivity index (χ1) is 17.0. The van der Waals surface area contributed by atoms with E-state index in [0.717, 1.165) is 77.3 Å². The fourth-order valence-corrected chi connectivity index (χ4v) is 4.53. The lowest BCUT2D eigenvalue weighted by Crippen LogP contribution is -2.42. The van der Waals surface area contributed by atoms with Crippen LogP contribution in [-0.4, -0.2) is 48.6 Å². The second-order valence-electron chi connectivity index (χ2n) is 10.9. The highest BCUT2D eigenvalue weighted by Gasteiger charge is 2.11. The van der Waals surface area contributed by atoms with Gasteiger partial charge < -0.3 is 19.7 Å². The molecule has 0 radical (unpaired) electrons. The minimum Gasteiger partial charge on any atom is -0.633 e. The summed E-state index contributed by atoms with van der Waals surface area (Å²) in [6, 6.07) is 0. The number of hydrogen-bond acceptors (Lipinski definition) is 2. The molecule has 0 N–H and O–H groups in total. The second-order valence-corrected chi connectivity index (χ2v) is 10.9. The van der Waals surface area contributed by atoms with Gasteiger partial charge in [-0.2, -0.15) is 0 Å². The summed E-state index contributed by atoms with van der Waals surface area (Å²) in [7, 11) is 0. The Kier molecular flexibility index (Phi) is 19.2. The molecule has 0 saturated carbocycles. The topological polar surface area (TPSA) is 46.1 Å². The number of rotatable bonds is 21. The van der Waals surface area contributed by atoms with Crippen LogP contribution in [0.1, 0.15) is 120 Å². The van der Waals surface area contributed by atoms with Gasteiger partial charge in [0, 0.05) is 12.8 Å². The molecule has 0 amide bonds. The Labute approximate surface area is 225 Å². The molecule has 0 aromatic rings. The molecule has 0 rings (SSSR count). The van der Waals surface area contributed by atoms with Crippen LogP contribution in [0.5, 0.6) is 0 Å². The number of allylic oxidation sites excluding steroid dienone is 8. The molecule has 0 unspecified atom stereocenters. The Hall–Kier alpha value is -1.20. The van der Waals surface area contributed by atoms with Crippen molar-refractivity contribution in [3.63, 3.8) is 0 Å².